The highest BCUT2D eigenvalue weighted by atomic mass is 79.9. The van der Waals surface area contributed by atoms with Crippen molar-refractivity contribution in [1.82, 2.24) is 9.78 Å². The summed E-state index contributed by atoms with van der Waals surface area (Å²) in [6.07, 6.45) is 1.59. The first-order valence-electron chi connectivity index (χ1n) is 5.16. The maximum Gasteiger partial charge on any atom is 0.283 e. The molecule has 1 rings (SSSR count). The van der Waals surface area contributed by atoms with E-state index in [9.17, 15) is 4.79 Å². The third-order valence-electron chi connectivity index (χ3n) is 2.00. The average Bonchev–Trinajstić information content (AvgIpc) is 2.24. The molecule has 0 fully saturated rings. The van der Waals surface area contributed by atoms with Crippen LogP contribution in [-0.4, -0.2) is 28.0 Å². The second-order valence-electron chi connectivity index (χ2n) is 3.90. The molecule has 6 heteroatoms. The first kappa shape index (κ1) is 13.2. The third kappa shape index (κ3) is 3.31. The summed E-state index contributed by atoms with van der Waals surface area (Å²) in [7, 11) is 0. The number of hydrogen-bond donors (Lipinski definition) is 2. The SMILES string of the molecule is CC(C)CNc1cnn(CCO)c(=O)c1Br. The normalized spacial score (nSPS) is 10.8. The lowest BCUT2D eigenvalue weighted by molar-refractivity contribution is 0.266. The van der Waals surface area contributed by atoms with Crippen LogP contribution in [0.15, 0.2) is 15.5 Å². The summed E-state index contributed by atoms with van der Waals surface area (Å²) in [5.74, 6) is 0.492. The van der Waals surface area contributed by atoms with Gasteiger partial charge in [0.05, 0.1) is 25.0 Å². The first-order valence-corrected chi connectivity index (χ1v) is 5.96. The molecule has 0 bridgehead atoms. The number of anilines is 1. The molecule has 0 spiro atoms. The summed E-state index contributed by atoms with van der Waals surface area (Å²) in [4.78, 5) is 11.7. The Bertz CT molecular complexity index is 404. The molecule has 0 saturated carbocycles. The van der Waals surface area contributed by atoms with Gasteiger partial charge in [0.2, 0.25) is 0 Å². The van der Waals surface area contributed by atoms with E-state index in [0.29, 0.717) is 16.1 Å². The third-order valence-corrected chi connectivity index (χ3v) is 2.76. The summed E-state index contributed by atoms with van der Waals surface area (Å²) in [5, 5.41) is 15.8. The smallest absolute Gasteiger partial charge is 0.283 e. The van der Waals surface area contributed by atoms with Crippen LogP contribution in [0.1, 0.15) is 13.8 Å². The van der Waals surface area contributed by atoms with E-state index in [0.717, 1.165) is 6.54 Å². The van der Waals surface area contributed by atoms with Gasteiger partial charge in [-0.05, 0) is 21.8 Å². The molecular weight excluding hydrogens is 274 g/mol. The van der Waals surface area contributed by atoms with Gasteiger partial charge >= 0.3 is 0 Å². The molecule has 0 aliphatic heterocycles. The molecule has 0 atom stereocenters. The number of halogens is 1. The molecule has 2 N–H and O–H groups in total. The van der Waals surface area contributed by atoms with Gasteiger partial charge in [-0.1, -0.05) is 13.8 Å². The van der Waals surface area contributed by atoms with E-state index >= 15 is 0 Å². The number of aliphatic hydroxyl groups is 1. The predicted octanol–water partition coefficient (Wildman–Crippen LogP) is 1.07. The Morgan fingerprint density at radius 2 is 2.31 bits per heavy atom. The zero-order valence-electron chi connectivity index (χ0n) is 9.40. The van der Waals surface area contributed by atoms with Gasteiger partial charge < -0.3 is 10.4 Å². The van der Waals surface area contributed by atoms with Crippen LogP contribution >= 0.6 is 15.9 Å². The fraction of sp³-hybridized carbons (Fsp3) is 0.600. The molecule has 0 aromatic carbocycles. The van der Waals surface area contributed by atoms with E-state index in [-0.39, 0.29) is 18.7 Å². The number of aliphatic hydroxyl groups excluding tert-OH is 1. The largest absolute Gasteiger partial charge is 0.394 e. The highest BCUT2D eigenvalue weighted by Gasteiger charge is 2.08. The lowest BCUT2D eigenvalue weighted by Gasteiger charge is -2.11. The number of nitrogens with one attached hydrogen (secondary N) is 1. The highest BCUT2D eigenvalue weighted by molar-refractivity contribution is 9.10. The minimum absolute atomic E-state index is 0.0991. The molecular formula is C10H16BrN3O2. The summed E-state index contributed by atoms with van der Waals surface area (Å²) < 4.78 is 1.68. The Balaban J connectivity index is 2.89. The lowest BCUT2D eigenvalue weighted by Crippen LogP contribution is -2.26. The fourth-order valence-corrected chi connectivity index (χ4v) is 1.60. The van der Waals surface area contributed by atoms with Gasteiger partial charge in [-0.25, -0.2) is 4.68 Å². The van der Waals surface area contributed by atoms with Crippen molar-refractivity contribution >= 4 is 21.6 Å². The molecule has 1 heterocycles. The van der Waals surface area contributed by atoms with E-state index in [1.54, 1.807) is 6.20 Å². The quantitative estimate of drug-likeness (QED) is 0.851. The maximum atomic E-state index is 11.7. The second-order valence-corrected chi connectivity index (χ2v) is 4.69. The van der Waals surface area contributed by atoms with Crippen LogP contribution in [0.2, 0.25) is 0 Å². The van der Waals surface area contributed by atoms with Gasteiger partial charge in [-0.15, -0.1) is 0 Å². The van der Waals surface area contributed by atoms with Crippen LogP contribution in [0.5, 0.6) is 0 Å². The fourth-order valence-electron chi connectivity index (χ4n) is 1.16. The van der Waals surface area contributed by atoms with Gasteiger partial charge in [-0.2, -0.15) is 5.10 Å². The number of aromatic nitrogens is 2. The van der Waals surface area contributed by atoms with E-state index in [2.05, 4.69) is 40.2 Å². The second kappa shape index (κ2) is 6.00. The molecule has 0 radical (unpaired) electrons. The number of nitrogens with zero attached hydrogens (tertiary/aromatic N) is 2. The van der Waals surface area contributed by atoms with Crippen molar-refractivity contribution in [1.29, 1.82) is 0 Å². The first-order chi connectivity index (χ1) is 7.56. The zero-order valence-corrected chi connectivity index (χ0v) is 11.0. The Kier molecular flexibility index (Phi) is 4.95. The molecule has 0 saturated heterocycles. The van der Waals surface area contributed by atoms with Crippen LogP contribution in [0.3, 0.4) is 0 Å². The summed E-state index contributed by atoms with van der Waals surface area (Å²) in [6.45, 7) is 5.06. The topological polar surface area (TPSA) is 67.2 Å². The Hall–Kier alpha value is -0.880. The van der Waals surface area contributed by atoms with Crippen molar-refractivity contribution in [3.8, 4) is 0 Å². The Morgan fingerprint density at radius 3 is 2.88 bits per heavy atom. The molecule has 1 aromatic rings. The van der Waals surface area contributed by atoms with Crippen LogP contribution in [0.4, 0.5) is 5.69 Å². The molecule has 0 amide bonds. The van der Waals surface area contributed by atoms with Crippen molar-refractivity contribution in [3.63, 3.8) is 0 Å². The molecule has 90 valence electrons. The predicted molar refractivity (Wildman–Crippen MR) is 66.6 cm³/mol. The standard InChI is InChI=1S/C10H16BrN3O2/c1-7(2)5-12-8-6-13-14(3-4-15)10(16)9(8)11/h6-7,12,15H,3-5H2,1-2H3. The van der Waals surface area contributed by atoms with E-state index < -0.39 is 0 Å². The van der Waals surface area contributed by atoms with Crippen molar-refractivity contribution in [3.05, 3.63) is 21.0 Å². The van der Waals surface area contributed by atoms with Crippen molar-refractivity contribution in [2.45, 2.75) is 20.4 Å². The zero-order chi connectivity index (χ0) is 12.1. The lowest BCUT2D eigenvalue weighted by atomic mass is 10.2. The highest BCUT2D eigenvalue weighted by Crippen LogP contribution is 2.16. The molecule has 16 heavy (non-hydrogen) atoms. The minimum atomic E-state index is -0.234. The van der Waals surface area contributed by atoms with E-state index in [1.807, 2.05) is 0 Å². The summed E-state index contributed by atoms with van der Waals surface area (Å²) >= 11 is 3.23. The maximum absolute atomic E-state index is 11.7. The molecule has 0 unspecified atom stereocenters. The summed E-state index contributed by atoms with van der Waals surface area (Å²) in [6, 6.07) is 0. The summed E-state index contributed by atoms with van der Waals surface area (Å²) in [5.41, 5.74) is 0.454. The number of hydrogen-bond acceptors (Lipinski definition) is 4. The van der Waals surface area contributed by atoms with Crippen LogP contribution in [-0.2, 0) is 6.54 Å². The van der Waals surface area contributed by atoms with Gasteiger partial charge in [0.15, 0.2) is 0 Å². The van der Waals surface area contributed by atoms with Crippen LogP contribution in [0, 0.1) is 5.92 Å². The Morgan fingerprint density at radius 1 is 1.62 bits per heavy atom. The van der Waals surface area contributed by atoms with E-state index in [1.165, 1.54) is 4.68 Å². The number of rotatable bonds is 5. The average molecular weight is 290 g/mol. The van der Waals surface area contributed by atoms with Crippen molar-refractivity contribution in [2.24, 2.45) is 5.92 Å². The van der Waals surface area contributed by atoms with Crippen LogP contribution < -0.4 is 10.9 Å². The van der Waals surface area contributed by atoms with Gasteiger partial charge in [0, 0.05) is 6.54 Å². The van der Waals surface area contributed by atoms with Gasteiger partial charge in [0.25, 0.3) is 5.56 Å². The van der Waals surface area contributed by atoms with E-state index in [4.69, 9.17) is 5.11 Å². The van der Waals surface area contributed by atoms with Gasteiger partial charge in [0.1, 0.15) is 4.47 Å². The van der Waals surface area contributed by atoms with Gasteiger partial charge in [-0.3, -0.25) is 4.79 Å². The Labute approximate surface area is 103 Å². The molecule has 0 aliphatic carbocycles. The monoisotopic (exact) mass is 289 g/mol. The molecule has 1 aromatic heterocycles. The minimum Gasteiger partial charge on any atom is -0.394 e. The van der Waals surface area contributed by atoms with Crippen molar-refractivity contribution < 1.29 is 5.11 Å². The molecule has 0 aliphatic rings. The van der Waals surface area contributed by atoms with Crippen LogP contribution in [0.25, 0.3) is 0 Å². The molecule has 5 nitrogen and oxygen atoms in total. The van der Waals surface area contributed by atoms with Crippen molar-refractivity contribution in [2.75, 3.05) is 18.5 Å².